The Kier molecular flexibility index (Phi) is 8.26. The number of aromatic nitrogens is 1. The number of likely N-dealkylation sites (tertiary alicyclic amines) is 2. The maximum atomic E-state index is 13.7. The van der Waals surface area contributed by atoms with Gasteiger partial charge in [-0.2, -0.15) is 0 Å². The van der Waals surface area contributed by atoms with Gasteiger partial charge in [-0.25, -0.2) is 0 Å². The van der Waals surface area contributed by atoms with Gasteiger partial charge in [-0.1, -0.05) is 31.9 Å². The second-order valence-corrected chi connectivity index (χ2v) is 9.70. The molecule has 35 heavy (non-hydrogen) atoms. The first-order chi connectivity index (χ1) is 17.0. The molecule has 0 spiro atoms. The van der Waals surface area contributed by atoms with Crippen LogP contribution in [0.5, 0.6) is 5.75 Å². The number of methoxy groups -OCH3 is 1. The van der Waals surface area contributed by atoms with Crippen LogP contribution < -0.4 is 10.2 Å². The van der Waals surface area contributed by atoms with Crippen molar-refractivity contribution in [3.8, 4) is 5.75 Å². The van der Waals surface area contributed by atoms with Crippen LogP contribution in [0.15, 0.2) is 41.5 Å². The summed E-state index contributed by atoms with van der Waals surface area (Å²) in [7, 11) is 1.62. The quantitative estimate of drug-likeness (QED) is 0.618. The first-order valence-corrected chi connectivity index (χ1v) is 13.0. The second-order valence-electron chi connectivity index (χ2n) is 9.70. The number of hydrogen-bond acceptors (Lipinski definition) is 4. The Morgan fingerprint density at radius 1 is 0.943 bits per heavy atom. The van der Waals surface area contributed by atoms with E-state index in [1.807, 2.05) is 29.2 Å². The standard InChI is InChI=1S/C28H37N3O4/c1-3-22-12-6-9-16-31(22)28(34)25-20-29(18-21-11-10-13-23(17-21)35-2)19-24(26(25)32)27(33)30-14-7-4-5-8-15-30/h10-11,13,17,19-20,22H,3-9,12,14-16,18H2,1-2H3/t22-/m1/s1. The zero-order valence-corrected chi connectivity index (χ0v) is 21.0. The number of pyridine rings is 1. The zero-order chi connectivity index (χ0) is 24.8. The molecule has 7 heteroatoms. The van der Waals surface area contributed by atoms with Crippen LogP contribution in [-0.2, 0) is 6.54 Å². The van der Waals surface area contributed by atoms with Crippen molar-refractivity contribution in [1.82, 2.24) is 14.4 Å². The van der Waals surface area contributed by atoms with Gasteiger partial charge in [0.1, 0.15) is 16.9 Å². The number of carbonyl (C=O) groups is 2. The van der Waals surface area contributed by atoms with Crippen LogP contribution in [-0.4, -0.2) is 59.0 Å². The van der Waals surface area contributed by atoms with E-state index in [2.05, 4.69) is 6.92 Å². The Balaban J connectivity index is 1.74. The van der Waals surface area contributed by atoms with E-state index < -0.39 is 5.43 Å². The third-order valence-electron chi connectivity index (χ3n) is 7.29. The molecule has 2 aliphatic heterocycles. The molecule has 1 atom stereocenters. The van der Waals surface area contributed by atoms with E-state index in [-0.39, 0.29) is 29.0 Å². The van der Waals surface area contributed by atoms with Gasteiger partial charge in [-0.05, 0) is 56.2 Å². The van der Waals surface area contributed by atoms with Crippen LogP contribution >= 0.6 is 0 Å². The number of ether oxygens (including phenoxy) is 1. The SMILES string of the molecule is CC[C@@H]1CCCCN1C(=O)c1cn(Cc2cccc(OC)c2)cc(C(=O)N2CCCCCC2)c1=O. The number of benzene rings is 1. The van der Waals surface area contributed by atoms with E-state index in [4.69, 9.17) is 4.74 Å². The van der Waals surface area contributed by atoms with Gasteiger partial charge >= 0.3 is 0 Å². The lowest BCUT2D eigenvalue weighted by Gasteiger charge is -2.35. The molecule has 0 saturated carbocycles. The molecule has 3 heterocycles. The highest BCUT2D eigenvalue weighted by Gasteiger charge is 2.30. The van der Waals surface area contributed by atoms with Crippen LogP contribution in [0.2, 0.25) is 0 Å². The molecule has 188 valence electrons. The molecule has 7 nitrogen and oxygen atoms in total. The van der Waals surface area contributed by atoms with E-state index in [0.29, 0.717) is 26.2 Å². The summed E-state index contributed by atoms with van der Waals surface area (Å²) in [5, 5.41) is 0. The lowest BCUT2D eigenvalue weighted by molar-refractivity contribution is 0.0605. The van der Waals surface area contributed by atoms with Crippen LogP contribution in [0.4, 0.5) is 0 Å². The maximum Gasteiger partial charge on any atom is 0.259 e. The van der Waals surface area contributed by atoms with Crippen molar-refractivity contribution >= 4 is 11.8 Å². The zero-order valence-electron chi connectivity index (χ0n) is 21.0. The predicted molar refractivity (Wildman–Crippen MR) is 136 cm³/mol. The summed E-state index contributed by atoms with van der Waals surface area (Å²) in [5.74, 6) is 0.211. The number of rotatable bonds is 6. The third-order valence-corrected chi connectivity index (χ3v) is 7.29. The van der Waals surface area contributed by atoms with Gasteiger partial charge in [-0.3, -0.25) is 14.4 Å². The van der Waals surface area contributed by atoms with Crippen LogP contribution in [0.25, 0.3) is 0 Å². The van der Waals surface area contributed by atoms with Gasteiger partial charge < -0.3 is 19.1 Å². The number of nitrogens with zero attached hydrogens (tertiary/aromatic N) is 3. The second kappa shape index (κ2) is 11.6. The molecule has 0 unspecified atom stereocenters. The molecule has 4 rings (SSSR count). The number of hydrogen-bond donors (Lipinski definition) is 0. The minimum absolute atomic E-state index is 0.0886. The fourth-order valence-electron chi connectivity index (χ4n) is 5.30. The van der Waals surface area contributed by atoms with Crippen molar-refractivity contribution in [2.45, 2.75) is 70.9 Å². The van der Waals surface area contributed by atoms with Crippen molar-refractivity contribution in [1.29, 1.82) is 0 Å². The molecule has 2 aromatic rings. The Morgan fingerprint density at radius 3 is 2.31 bits per heavy atom. The van der Waals surface area contributed by atoms with E-state index >= 15 is 0 Å². The van der Waals surface area contributed by atoms with Crippen molar-refractivity contribution in [3.63, 3.8) is 0 Å². The average Bonchev–Trinajstić information content (AvgIpc) is 3.18. The average molecular weight is 480 g/mol. The molecule has 0 radical (unpaired) electrons. The Morgan fingerprint density at radius 2 is 1.63 bits per heavy atom. The molecule has 0 bridgehead atoms. The molecular weight excluding hydrogens is 442 g/mol. The Labute approximate surface area is 207 Å². The van der Waals surface area contributed by atoms with Crippen LogP contribution in [0.1, 0.15) is 84.6 Å². The van der Waals surface area contributed by atoms with E-state index in [1.165, 1.54) is 0 Å². The minimum Gasteiger partial charge on any atom is -0.497 e. The first kappa shape index (κ1) is 25.0. The normalized spacial score (nSPS) is 18.7. The summed E-state index contributed by atoms with van der Waals surface area (Å²) in [6, 6.07) is 7.81. The molecule has 2 saturated heterocycles. The summed E-state index contributed by atoms with van der Waals surface area (Å²) in [5.41, 5.74) is 0.690. The summed E-state index contributed by atoms with van der Waals surface area (Å²) < 4.78 is 7.15. The summed E-state index contributed by atoms with van der Waals surface area (Å²) in [6.45, 7) is 4.45. The van der Waals surface area contributed by atoms with Gasteiger partial charge in [0.05, 0.1) is 7.11 Å². The highest BCUT2D eigenvalue weighted by molar-refractivity contribution is 5.99. The molecule has 0 aliphatic carbocycles. The molecule has 1 aromatic heterocycles. The van der Waals surface area contributed by atoms with E-state index in [9.17, 15) is 14.4 Å². The monoisotopic (exact) mass is 479 g/mol. The number of carbonyl (C=O) groups excluding carboxylic acids is 2. The summed E-state index contributed by atoms with van der Waals surface area (Å²) in [6.07, 6.45) is 11.2. The Bertz CT molecular complexity index is 1100. The highest BCUT2D eigenvalue weighted by atomic mass is 16.5. The molecule has 1 aromatic carbocycles. The van der Waals surface area contributed by atoms with Gasteiger partial charge in [-0.15, -0.1) is 0 Å². The van der Waals surface area contributed by atoms with Crippen LogP contribution in [0, 0.1) is 0 Å². The van der Waals surface area contributed by atoms with Crippen molar-refractivity contribution < 1.29 is 14.3 Å². The molecular formula is C28H37N3O4. The van der Waals surface area contributed by atoms with E-state index in [0.717, 1.165) is 62.7 Å². The molecule has 2 amide bonds. The topological polar surface area (TPSA) is 71.8 Å². The van der Waals surface area contributed by atoms with Gasteiger partial charge in [0.2, 0.25) is 5.43 Å². The third kappa shape index (κ3) is 5.77. The lowest BCUT2D eigenvalue weighted by Crippen LogP contribution is -2.46. The molecule has 2 fully saturated rings. The lowest BCUT2D eigenvalue weighted by atomic mass is 9.98. The van der Waals surface area contributed by atoms with E-state index in [1.54, 1.807) is 29.0 Å². The van der Waals surface area contributed by atoms with Crippen molar-refractivity contribution in [2.75, 3.05) is 26.7 Å². The molecule has 0 N–H and O–H groups in total. The largest absolute Gasteiger partial charge is 0.497 e. The summed E-state index contributed by atoms with van der Waals surface area (Å²) in [4.78, 5) is 44.4. The first-order valence-electron chi connectivity index (χ1n) is 13.0. The van der Waals surface area contributed by atoms with Crippen molar-refractivity contribution in [3.05, 3.63) is 63.6 Å². The Hall–Kier alpha value is -3.09. The van der Waals surface area contributed by atoms with Gasteiger partial charge in [0, 0.05) is 44.6 Å². The fraction of sp³-hybridized carbons (Fsp3) is 0.536. The predicted octanol–water partition coefficient (Wildman–Crippen LogP) is 4.33. The minimum atomic E-state index is -0.452. The van der Waals surface area contributed by atoms with Crippen LogP contribution in [0.3, 0.4) is 0 Å². The molecule has 2 aliphatic rings. The van der Waals surface area contributed by atoms with Gasteiger partial charge in [0.25, 0.3) is 11.8 Å². The van der Waals surface area contributed by atoms with Gasteiger partial charge in [0.15, 0.2) is 0 Å². The van der Waals surface area contributed by atoms with Crippen molar-refractivity contribution in [2.24, 2.45) is 0 Å². The summed E-state index contributed by atoms with van der Waals surface area (Å²) >= 11 is 0. The fourth-order valence-corrected chi connectivity index (χ4v) is 5.30. The number of amides is 2. The number of piperidine rings is 1. The highest BCUT2D eigenvalue weighted by Crippen LogP contribution is 2.22. The maximum absolute atomic E-state index is 13.7. The smallest absolute Gasteiger partial charge is 0.259 e.